The number of carbonyl (C=O) groups excluding carboxylic acids is 1. The lowest BCUT2D eigenvalue weighted by molar-refractivity contribution is -0.132. The standard InChI is InChI=1S/C13H26N2O/c1-6-9(3)8-10(4)15-12(7-2)14-11(5)13(15)16/h9-12,14H,6-8H2,1-5H3. The molecule has 0 aliphatic carbocycles. The van der Waals surface area contributed by atoms with Gasteiger partial charge in [-0.2, -0.15) is 0 Å². The number of amides is 1. The van der Waals surface area contributed by atoms with Crippen molar-refractivity contribution in [1.82, 2.24) is 10.2 Å². The predicted molar refractivity (Wildman–Crippen MR) is 67.1 cm³/mol. The molecular weight excluding hydrogens is 200 g/mol. The van der Waals surface area contributed by atoms with E-state index in [0.717, 1.165) is 12.8 Å². The molecule has 0 radical (unpaired) electrons. The highest BCUT2D eigenvalue weighted by Crippen LogP contribution is 2.22. The molecule has 0 aromatic heterocycles. The number of hydrogen-bond acceptors (Lipinski definition) is 2. The summed E-state index contributed by atoms with van der Waals surface area (Å²) in [6, 6.07) is 0.342. The molecule has 4 atom stereocenters. The Hall–Kier alpha value is -0.570. The van der Waals surface area contributed by atoms with Crippen LogP contribution in [0.2, 0.25) is 0 Å². The first-order valence-corrected chi connectivity index (χ1v) is 6.59. The van der Waals surface area contributed by atoms with E-state index < -0.39 is 0 Å². The highest BCUT2D eigenvalue weighted by Gasteiger charge is 2.37. The second-order valence-corrected chi connectivity index (χ2v) is 5.16. The molecule has 1 rings (SSSR count). The lowest BCUT2D eigenvalue weighted by Crippen LogP contribution is -2.43. The van der Waals surface area contributed by atoms with Gasteiger partial charge in [-0.1, -0.05) is 27.2 Å². The number of carbonyl (C=O) groups is 1. The third-order valence-electron chi connectivity index (χ3n) is 3.71. The Morgan fingerprint density at radius 2 is 2.00 bits per heavy atom. The zero-order chi connectivity index (χ0) is 12.3. The van der Waals surface area contributed by atoms with Gasteiger partial charge in [0.25, 0.3) is 0 Å². The molecule has 0 bridgehead atoms. The molecule has 1 heterocycles. The van der Waals surface area contributed by atoms with Crippen molar-refractivity contribution in [2.24, 2.45) is 5.92 Å². The average molecular weight is 226 g/mol. The van der Waals surface area contributed by atoms with E-state index in [9.17, 15) is 4.79 Å². The topological polar surface area (TPSA) is 32.3 Å². The van der Waals surface area contributed by atoms with E-state index >= 15 is 0 Å². The molecule has 0 spiro atoms. The summed E-state index contributed by atoms with van der Waals surface area (Å²) in [6.07, 6.45) is 3.52. The summed E-state index contributed by atoms with van der Waals surface area (Å²) >= 11 is 0. The van der Waals surface area contributed by atoms with Crippen LogP contribution in [0.5, 0.6) is 0 Å². The number of nitrogens with one attached hydrogen (secondary N) is 1. The van der Waals surface area contributed by atoms with Crippen molar-refractivity contribution in [1.29, 1.82) is 0 Å². The molecule has 1 aliphatic heterocycles. The summed E-state index contributed by atoms with van der Waals surface area (Å²) in [5.41, 5.74) is 0. The minimum Gasteiger partial charge on any atom is -0.323 e. The molecule has 0 saturated carbocycles. The maximum Gasteiger partial charge on any atom is 0.240 e. The van der Waals surface area contributed by atoms with E-state index in [4.69, 9.17) is 0 Å². The Kier molecular flexibility index (Phi) is 4.78. The molecule has 1 amide bonds. The number of nitrogens with zero attached hydrogens (tertiary/aromatic N) is 1. The van der Waals surface area contributed by atoms with Gasteiger partial charge in [0.15, 0.2) is 0 Å². The SMILES string of the molecule is CCC(C)CC(C)N1C(=O)C(C)NC1CC. The van der Waals surface area contributed by atoms with Crippen molar-refractivity contribution in [3.63, 3.8) is 0 Å². The fraction of sp³-hybridized carbons (Fsp3) is 0.923. The molecule has 3 heteroatoms. The third kappa shape index (κ3) is 2.76. The van der Waals surface area contributed by atoms with Gasteiger partial charge < -0.3 is 4.90 Å². The molecule has 1 fully saturated rings. The second kappa shape index (κ2) is 5.67. The van der Waals surface area contributed by atoms with E-state index in [1.54, 1.807) is 0 Å². The summed E-state index contributed by atoms with van der Waals surface area (Å²) < 4.78 is 0. The van der Waals surface area contributed by atoms with Crippen LogP contribution in [0.15, 0.2) is 0 Å². The van der Waals surface area contributed by atoms with Gasteiger partial charge in [-0.25, -0.2) is 0 Å². The molecule has 1 aliphatic rings. The van der Waals surface area contributed by atoms with Crippen LogP contribution < -0.4 is 5.32 Å². The number of hydrogen-bond donors (Lipinski definition) is 1. The normalized spacial score (nSPS) is 29.6. The molecule has 3 nitrogen and oxygen atoms in total. The van der Waals surface area contributed by atoms with Crippen molar-refractivity contribution in [3.05, 3.63) is 0 Å². The largest absolute Gasteiger partial charge is 0.323 e. The molecule has 4 unspecified atom stereocenters. The van der Waals surface area contributed by atoms with E-state index in [1.165, 1.54) is 6.42 Å². The molecule has 1 N–H and O–H groups in total. The number of rotatable bonds is 5. The third-order valence-corrected chi connectivity index (χ3v) is 3.71. The van der Waals surface area contributed by atoms with Gasteiger partial charge in [-0.05, 0) is 32.6 Å². The fourth-order valence-corrected chi connectivity index (χ4v) is 2.52. The van der Waals surface area contributed by atoms with Crippen molar-refractivity contribution in [3.8, 4) is 0 Å². The van der Waals surface area contributed by atoms with Crippen LogP contribution >= 0.6 is 0 Å². The van der Waals surface area contributed by atoms with Gasteiger partial charge in [0.05, 0.1) is 12.2 Å². The van der Waals surface area contributed by atoms with Gasteiger partial charge in [0.2, 0.25) is 5.91 Å². The summed E-state index contributed by atoms with van der Waals surface area (Å²) in [5, 5.41) is 3.35. The molecule has 1 saturated heterocycles. The van der Waals surface area contributed by atoms with Crippen LogP contribution in [-0.2, 0) is 4.79 Å². The average Bonchev–Trinajstić information content (AvgIpc) is 2.54. The lowest BCUT2D eigenvalue weighted by atomic mass is 9.99. The minimum atomic E-state index is -0.00988. The van der Waals surface area contributed by atoms with E-state index in [-0.39, 0.29) is 18.1 Å². The lowest BCUT2D eigenvalue weighted by Gasteiger charge is -2.31. The first kappa shape index (κ1) is 13.5. The molecule has 0 aromatic carbocycles. The van der Waals surface area contributed by atoms with Crippen LogP contribution in [0.1, 0.15) is 53.9 Å². The highest BCUT2D eigenvalue weighted by atomic mass is 16.2. The second-order valence-electron chi connectivity index (χ2n) is 5.16. The summed E-state index contributed by atoms with van der Waals surface area (Å²) in [6.45, 7) is 10.7. The Labute approximate surface area is 99.6 Å². The van der Waals surface area contributed by atoms with Crippen LogP contribution in [0, 0.1) is 5.92 Å². The van der Waals surface area contributed by atoms with Gasteiger partial charge in [-0.15, -0.1) is 0 Å². The van der Waals surface area contributed by atoms with Gasteiger partial charge >= 0.3 is 0 Å². The van der Waals surface area contributed by atoms with E-state index in [1.807, 2.05) is 6.92 Å². The molecule has 94 valence electrons. The fourth-order valence-electron chi connectivity index (χ4n) is 2.52. The maximum absolute atomic E-state index is 12.0. The molecule has 0 aromatic rings. The first-order valence-electron chi connectivity index (χ1n) is 6.59. The van der Waals surface area contributed by atoms with Gasteiger partial charge in [-0.3, -0.25) is 10.1 Å². The van der Waals surface area contributed by atoms with Crippen molar-refractivity contribution in [2.75, 3.05) is 0 Å². The Morgan fingerprint density at radius 1 is 1.38 bits per heavy atom. The minimum absolute atomic E-state index is 0.00988. The monoisotopic (exact) mass is 226 g/mol. The Balaban J connectivity index is 2.65. The van der Waals surface area contributed by atoms with Crippen LogP contribution in [-0.4, -0.2) is 29.1 Å². The van der Waals surface area contributed by atoms with Gasteiger partial charge in [0, 0.05) is 6.04 Å². The Bertz CT molecular complexity index is 242. The molecule has 16 heavy (non-hydrogen) atoms. The van der Waals surface area contributed by atoms with E-state index in [0.29, 0.717) is 12.0 Å². The highest BCUT2D eigenvalue weighted by molar-refractivity contribution is 5.84. The maximum atomic E-state index is 12.0. The van der Waals surface area contributed by atoms with Crippen molar-refractivity contribution < 1.29 is 4.79 Å². The van der Waals surface area contributed by atoms with Gasteiger partial charge in [0.1, 0.15) is 0 Å². The van der Waals surface area contributed by atoms with Crippen molar-refractivity contribution >= 4 is 5.91 Å². The smallest absolute Gasteiger partial charge is 0.240 e. The van der Waals surface area contributed by atoms with Crippen molar-refractivity contribution in [2.45, 2.75) is 72.1 Å². The Morgan fingerprint density at radius 3 is 2.50 bits per heavy atom. The predicted octanol–water partition coefficient (Wildman–Crippen LogP) is 2.37. The summed E-state index contributed by atoms with van der Waals surface area (Å²) in [7, 11) is 0. The first-order chi connectivity index (χ1) is 7.51. The zero-order valence-electron chi connectivity index (χ0n) is 11.3. The zero-order valence-corrected chi connectivity index (χ0v) is 11.3. The quantitative estimate of drug-likeness (QED) is 0.780. The van der Waals surface area contributed by atoms with Crippen LogP contribution in [0.3, 0.4) is 0 Å². The van der Waals surface area contributed by atoms with Crippen LogP contribution in [0.4, 0.5) is 0 Å². The summed E-state index contributed by atoms with van der Waals surface area (Å²) in [4.78, 5) is 14.1. The van der Waals surface area contributed by atoms with Crippen LogP contribution in [0.25, 0.3) is 0 Å². The molecular formula is C13H26N2O. The van der Waals surface area contributed by atoms with E-state index in [2.05, 4.69) is 37.9 Å². The summed E-state index contributed by atoms with van der Waals surface area (Å²) in [5.74, 6) is 0.957.